The Balaban J connectivity index is 1.85. The summed E-state index contributed by atoms with van der Waals surface area (Å²) >= 11 is 0. The van der Waals surface area contributed by atoms with Gasteiger partial charge in [0.25, 0.3) is 5.60 Å². The van der Waals surface area contributed by atoms with Crippen molar-refractivity contribution >= 4 is 17.7 Å². The van der Waals surface area contributed by atoms with Gasteiger partial charge in [-0.15, -0.1) is 0 Å². The first-order chi connectivity index (χ1) is 17.8. The molecule has 9 heteroatoms. The van der Waals surface area contributed by atoms with Gasteiger partial charge in [-0.2, -0.15) is 0 Å². The molecule has 0 aromatic heterocycles. The Hall–Kier alpha value is -4.11. The second-order valence-corrected chi connectivity index (χ2v) is 9.05. The highest BCUT2D eigenvalue weighted by Gasteiger charge is 2.74. The molecule has 2 aromatic rings. The lowest BCUT2D eigenvalue weighted by Crippen LogP contribution is -2.54. The highest BCUT2D eigenvalue weighted by Crippen LogP contribution is 2.64. The van der Waals surface area contributed by atoms with Crippen molar-refractivity contribution in [2.75, 3.05) is 28.1 Å². The third-order valence-electron chi connectivity index (χ3n) is 7.16. The highest BCUT2D eigenvalue weighted by molar-refractivity contribution is 6.09. The molecule has 9 nitrogen and oxygen atoms in total. The van der Waals surface area contributed by atoms with Crippen LogP contribution in [0.1, 0.15) is 28.7 Å². The van der Waals surface area contributed by atoms with E-state index in [2.05, 4.69) is 0 Å². The molecule has 2 aromatic carbocycles. The molecule has 192 valence electrons. The maximum absolute atomic E-state index is 14.2. The SMILES string of the molecule is COC(=O)C1(C(=O)OC)O[C@H](c2ccc(C)cc2)[C@]2(C=C3OCOC3=CC2=O)[C@@H]1c1ccc(OC)cc1. The number of ether oxygens (including phenoxy) is 6. The van der Waals surface area contributed by atoms with Crippen molar-refractivity contribution in [3.8, 4) is 5.75 Å². The summed E-state index contributed by atoms with van der Waals surface area (Å²) in [6.45, 7) is 1.86. The predicted octanol–water partition coefficient (Wildman–Crippen LogP) is 3.28. The van der Waals surface area contributed by atoms with Crippen LogP contribution >= 0.6 is 0 Å². The average Bonchev–Trinajstić information content (AvgIpc) is 3.49. The van der Waals surface area contributed by atoms with Crippen molar-refractivity contribution in [1.29, 1.82) is 0 Å². The quantitative estimate of drug-likeness (QED) is 0.446. The summed E-state index contributed by atoms with van der Waals surface area (Å²) in [6.07, 6.45) is 1.85. The number of hydrogen-bond acceptors (Lipinski definition) is 9. The summed E-state index contributed by atoms with van der Waals surface area (Å²) in [5, 5.41) is 0. The van der Waals surface area contributed by atoms with Gasteiger partial charge in [0.2, 0.25) is 6.79 Å². The summed E-state index contributed by atoms with van der Waals surface area (Å²) in [6, 6.07) is 14.1. The predicted molar refractivity (Wildman–Crippen MR) is 128 cm³/mol. The zero-order chi connectivity index (χ0) is 26.4. The van der Waals surface area contributed by atoms with Crippen LogP contribution in [0.15, 0.2) is 72.2 Å². The van der Waals surface area contributed by atoms with E-state index in [0.717, 1.165) is 19.8 Å². The van der Waals surface area contributed by atoms with Gasteiger partial charge in [0.1, 0.15) is 11.9 Å². The highest BCUT2D eigenvalue weighted by atomic mass is 16.7. The van der Waals surface area contributed by atoms with Gasteiger partial charge < -0.3 is 28.4 Å². The molecule has 2 fully saturated rings. The molecule has 3 aliphatic rings. The first-order valence-corrected chi connectivity index (χ1v) is 11.6. The number of ketones is 1. The molecule has 1 spiro atoms. The molecule has 0 radical (unpaired) electrons. The number of allylic oxidation sites excluding steroid dienone is 1. The normalized spacial score (nSPS) is 25.4. The number of benzene rings is 2. The fraction of sp³-hybridized carbons (Fsp3) is 0.321. The van der Waals surface area contributed by atoms with Gasteiger partial charge in [0.05, 0.1) is 32.7 Å². The minimum Gasteiger partial charge on any atom is -0.497 e. The third-order valence-corrected chi connectivity index (χ3v) is 7.16. The molecule has 5 rings (SSSR count). The topological polar surface area (TPSA) is 107 Å². The number of fused-ring (bicyclic) bond motifs is 1. The number of rotatable bonds is 5. The Labute approximate surface area is 213 Å². The summed E-state index contributed by atoms with van der Waals surface area (Å²) in [4.78, 5) is 41.3. The molecular formula is C28H26O9. The average molecular weight is 507 g/mol. The number of hydrogen-bond donors (Lipinski definition) is 0. The van der Waals surface area contributed by atoms with E-state index >= 15 is 0 Å². The molecule has 2 heterocycles. The van der Waals surface area contributed by atoms with Crippen molar-refractivity contribution < 1.29 is 42.8 Å². The molecule has 0 N–H and O–H groups in total. The lowest BCUT2D eigenvalue weighted by atomic mass is 9.60. The summed E-state index contributed by atoms with van der Waals surface area (Å²) in [5.41, 5.74) is -1.88. The Bertz CT molecular complexity index is 1290. The van der Waals surface area contributed by atoms with Crippen molar-refractivity contribution in [2.24, 2.45) is 5.41 Å². The van der Waals surface area contributed by atoms with Gasteiger partial charge in [-0.3, -0.25) is 4.79 Å². The number of carbonyl (C=O) groups excluding carboxylic acids is 3. The van der Waals surface area contributed by atoms with E-state index in [-0.39, 0.29) is 12.6 Å². The second-order valence-electron chi connectivity index (χ2n) is 9.05. The molecule has 37 heavy (non-hydrogen) atoms. The van der Waals surface area contributed by atoms with Crippen molar-refractivity contribution in [3.05, 3.63) is 88.9 Å². The Morgan fingerprint density at radius 2 is 1.46 bits per heavy atom. The van der Waals surface area contributed by atoms with Crippen LogP contribution < -0.4 is 4.74 Å². The molecule has 0 amide bonds. The monoisotopic (exact) mass is 506 g/mol. The van der Waals surface area contributed by atoms with Crippen LogP contribution in [-0.4, -0.2) is 51.4 Å². The van der Waals surface area contributed by atoms with Crippen LogP contribution in [-0.2, 0) is 38.1 Å². The van der Waals surface area contributed by atoms with E-state index < -0.39 is 40.8 Å². The molecule has 0 bridgehead atoms. The van der Waals surface area contributed by atoms with Crippen LogP contribution in [0.2, 0.25) is 0 Å². The molecule has 0 unspecified atom stereocenters. The van der Waals surface area contributed by atoms with Gasteiger partial charge in [-0.1, -0.05) is 42.0 Å². The first-order valence-electron chi connectivity index (χ1n) is 11.6. The smallest absolute Gasteiger partial charge is 0.350 e. The maximum atomic E-state index is 14.2. The zero-order valence-electron chi connectivity index (χ0n) is 20.8. The lowest BCUT2D eigenvalue weighted by molar-refractivity contribution is -0.188. The molecule has 1 aliphatic carbocycles. The van der Waals surface area contributed by atoms with E-state index in [4.69, 9.17) is 28.4 Å². The number of methoxy groups -OCH3 is 3. The molecule has 2 aliphatic heterocycles. The largest absolute Gasteiger partial charge is 0.497 e. The van der Waals surface area contributed by atoms with Crippen LogP contribution in [0.25, 0.3) is 0 Å². The van der Waals surface area contributed by atoms with Crippen LogP contribution in [0.4, 0.5) is 0 Å². The minimum absolute atomic E-state index is 0.0660. The fourth-order valence-electron chi connectivity index (χ4n) is 5.44. The van der Waals surface area contributed by atoms with Gasteiger partial charge in [0, 0.05) is 6.08 Å². The van der Waals surface area contributed by atoms with E-state index in [1.54, 1.807) is 42.5 Å². The summed E-state index contributed by atoms with van der Waals surface area (Å²) in [5.74, 6) is -2.43. The van der Waals surface area contributed by atoms with Gasteiger partial charge >= 0.3 is 11.9 Å². The van der Waals surface area contributed by atoms with Crippen LogP contribution in [0.3, 0.4) is 0 Å². The molecule has 2 saturated heterocycles. The molecule has 0 saturated carbocycles. The Kier molecular flexibility index (Phi) is 6.03. The van der Waals surface area contributed by atoms with Gasteiger partial charge in [0.15, 0.2) is 17.3 Å². The van der Waals surface area contributed by atoms with E-state index in [0.29, 0.717) is 22.6 Å². The van der Waals surface area contributed by atoms with Gasteiger partial charge in [-0.05, 0) is 36.3 Å². The second kappa shape index (κ2) is 9.08. The summed E-state index contributed by atoms with van der Waals surface area (Å²) in [7, 11) is 3.83. The summed E-state index contributed by atoms with van der Waals surface area (Å²) < 4.78 is 33.1. The number of aryl methyl sites for hydroxylation is 1. The number of carbonyl (C=O) groups is 3. The van der Waals surface area contributed by atoms with Crippen molar-refractivity contribution in [3.63, 3.8) is 0 Å². The third kappa shape index (κ3) is 3.53. The Morgan fingerprint density at radius 1 is 0.865 bits per heavy atom. The van der Waals surface area contributed by atoms with E-state index in [9.17, 15) is 14.4 Å². The van der Waals surface area contributed by atoms with Gasteiger partial charge in [-0.25, -0.2) is 9.59 Å². The van der Waals surface area contributed by atoms with Crippen LogP contribution in [0.5, 0.6) is 5.75 Å². The van der Waals surface area contributed by atoms with Crippen molar-refractivity contribution in [1.82, 2.24) is 0 Å². The molecule has 3 atom stereocenters. The minimum atomic E-state index is -2.31. The van der Waals surface area contributed by atoms with Crippen molar-refractivity contribution in [2.45, 2.75) is 24.5 Å². The number of esters is 2. The van der Waals surface area contributed by atoms with E-state index in [1.165, 1.54) is 13.2 Å². The standard InChI is InChI=1S/C28H26O9/c1-16-5-7-18(8-6-16)24-27(14-21-20(13-22(27)29)35-15-36-21)23(17-9-11-19(32-2)12-10-17)28(37-24,25(30)33-3)26(31)34-4/h5-14,23-24H,15H2,1-4H3/t23-,24+,27-/m0/s1. The van der Waals surface area contributed by atoms with E-state index in [1.807, 2.05) is 19.1 Å². The maximum Gasteiger partial charge on any atom is 0.350 e. The zero-order valence-corrected chi connectivity index (χ0v) is 20.8. The Morgan fingerprint density at radius 3 is 2.05 bits per heavy atom. The first kappa shape index (κ1) is 24.6. The van der Waals surface area contributed by atoms with Crippen LogP contribution in [0, 0.1) is 12.3 Å². The lowest BCUT2D eigenvalue weighted by Gasteiger charge is -2.37. The fourth-order valence-corrected chi connectivity index (χ4v) is 5.44. The molecular weight excluding hydrogens is 480 g/mol.